The number of hydrogen-bond acceptors (Lipinski definition) is 2. The van der Waals surface area contributed by atoms with Gasteiger partial charge in [0.1, 0.15) is 0 Å². The zero-order chi connectivity index (χ0) is 13.8. The van der Waals surface area contributed by atoms with E-state index >= 15 is 0 Å². The summed E-state index contributed by atoms with van der Waals surface area (Å²) in [6.07, 6.45) is -2.94. The molecule has 2 N–H and O–H groups in total. The Labute approximate surface area is 102 Å². The first-order valence-electron chi connectivity index (χ1n) is 5.41. The lowest BCUT2D eigenvalue weighted by Crippen LogP contribution is -2.44. The number of amides is 1. The minimum atomic E-state index is -4.89. The first-order valence-corrected chi connectivity index (χ1v) is 5.41. The molecule has 0 spiro atoms. The average Bonchev–Trinajstić information content (AvgIpc) is 2.25. The van der Waals surface area contributed by atoms with Crippen molar-refractivity contribution in [3.05, 3.63) is 0 Å². The van der Waals surface area contributed by atoms with Gasteiger partial charge in [0.15, 0.2) is 0 Å². The highest BCUT2D eigenvalue weighted by molar-refractivity contribution is 5.86. The largest absolute Gasteiger partial charge is 0.472 e. The molecule has 2 atom stereocenters. The lowest BCUT2D eigenvalue weighted by atomic mass is 9.86. The molecule has 18 heavy (non-hydrogen) atoms. The predicted molar refractivity (Wildman–Crippen MR) is 55.4 cm³/mol. The first kappa shape index (κ1) is 14.4. The summed E-state index contributed by atoms with van der Waals surface area (Å²) in [7, 11) is 0. The number of alkyl halides is 3. The van der Waals surface area contributed by atoms with Crippen LogP contribution in [0.2, 0.25) is 0 Å². The van der Waals surface area contributed by atoms with Crippen LogP contribution in [0, 0.1) is 17.8 Å². The van der Waals surface area contributed by atoms with Crippen LogP contribution in [0.25, 0.3) is 0 Å². The van der Waals surface area contributed by atoms with Gasteiger partial charge in [-0.1, -0.05) is 12.3 Å². The van der Waals surface area contributed by atoms with Crippen LogP contribution in [0.3, 0.4) is 0 Å². The predicted octanol–water partition coefficient (Wildman–Crippen LogP) is 1.31. The van der Waals surface area contributed by atoms with Gasteiger partial charge in [-0.05, 0) is 19.3 Å². The minimum absolute atomic E-state index is 0.252. The zero-order valence-electron chi connectivity index (χ0n) is 9.38. The Bertz CT molecular complexity index is 395. The maximum atomic E-state index is 12.0. The molecule has 0 aromatic carbocycles. The smallest absolute Gasteiger partial charge is 0.471 e. The Morgan fingerprint density at radius 3 is 2.50 bits per heavy atom. The van der Waals surface area contributed by atoms with Gasteiger partial charge in [0, 0.05) is 17.9 Å². The normalized spacial score (nSPS) is 23.7. The van der Waals surface area contributed by atoms with Gasteiger partial charge >= 0.3 is 18.1 Å². The fraction of sp³-hybridized carbons (Fsp3) is 0.636. The highest BCUT2D eigenvalue weighted by Gasteiger charge is 2.40. The second-order valence-corrected chi connectivity index (χ2v) is 4.11. The molecule has 1 rings (SSSR count). The molecule has 4 nitrogen and oxygen atoms in total. The van der Waals surface area contributed by atoms with E-state index in [4.69, 9.17) is 5.11 Å². The molecule has 0 aromatic rings. The fourth-order valence-electron chi connectivity index (χ4n) is 1.88. The van der Waals surface area contributed by atoms with Crippen LogP contribution in [-0.4, -0.2) is 29.2 Å². The lowest BCUT2D eigenvalue weighted by molar-refractivity contribution is -0.174. The number of carbonyl (C=O) groups excluding carboxylic acids is 1. The van der Waals surface area contributed by atoms with Crippen molar-refractivity contribution in [1.82, 2.24) is 5.32 Å². The Kier molecular flexibility index (Phi) is 4.59. The molecule has 0 heterocycles. The second kappa shape index (κ2) is 5.76. The van der Waals surface area contributed by atoms with E-state index in [0.717, 1.165) is 0 Å². The van der Waals surface area contributed by atoms with Crippen molar-refractivity contribution in [1.29, 1.82) is 0 Å². The fourth-order valence-corrected chi connectivity index (χ4v) is 1.88. The third-order valence-electron chi connectivity index (χ3n) is 2.65. The maximum absolute atomic E-state index is 12.0. The van der Waals surface area contributed by atoms with E-state index in [2.05, 4.69) is 5.92 Å². The van der Waals surface area contributed by atoms with Crippen molar-refractivity contribution in [3.8, 4) is 11.8 Å². The van der Waals surface area contributed by atoms with Gasteiger partial charge in [-0.25, -0.2) is 4.79 Å². The highest BCUT2D eigenvalue weighted by Crippen LogP contribution is 2.25. The molecule has 0 radical (unpaired) electrons. The van der Waals surface area contributed by atoms with Crippen molar-refractivity contribution < 1.29 is 27.9 Å². The van der Waals surface area contributed by atoms with Gasteiger partial charge in [0.2, 0.25) is 0 Å². The summed E-state index contributed by atoms with van der Waals surface area (Å²) >= 11 is 0. The SMILES string of the molecule is O=C(O)C#C[C@@H]1CCC[C@H](NC(=O)C(F)(F)F)C1. The summed E-state index contributed by atoms with van der Waals surface area (Å²) in [5.41, 5.74) is 0. The van der Waals surface area contributed by atoms with Gasteiger partial charge in [0.05, 0.1) is 0 Å². The first-order chi connectivity index (χ1) is 8.29. The number of hydrogen-bond donors (Lipinski definition) is 2. The van der Waals surface area contributed by atoms with Gasteiger partial charge < -0.3 is 10.4 Å². The van der Waals surface area contributed by atoms with E-state index in [1.807, 2.05) is 11.2 Å². The number of carbonyl (C=O) groups is 2. The molecule has 0 saturated heterocycles. The van der Waals surface area contributed by atoms with Crippen LogP contribution in [0.15, 0.2) is 0 Å². The molecule has 0 unspecified atom stereocenters. The summed E-state index contributed by atoms with van der Waals surface area (Å²) in [4.78, 5) is 21.0. The molecule has 0 aromatic heterocycles. The van der Waals surface area contributed by atoms with E-state index in [1.165, 1.54) is 0 Å². The maximum Gasteiger partial charge on any atom is 0.471 e. The molecule has 1 aliphatic rings. The molecule has 1 saturated carbocycles. The quantitative estimate of drug-likeness (QED) is 0.701. The van der Waals surface area contributed by atoms with Crippen LogP contribution in [0.4, 0.5) is 13.2 Å². The van der Waals surface area contributed by atoms with E-state index in [9.17, 15) is 22.8 Å². The van der Waals surface area contributed by atoms with Crippen LogP contribution in [0.5, 0.6) is 0 Å². The van der Waals surface area contributed by atoms with E-state index in [0.29, 0.717) is 19.3 Å². The van der Waals surface area contributed by atoms with Gasteiger partial charge in [-0.3, -0.25) is 4.79 Å². The standard InChI is InChI=1S/C11H12F3NO3/c12-11(13,14)10(18)15-8-3-1-2-7(6-8)4-5-9(16)17/h7-8H,1-3,6H2,(H,15,18)(H,16,17)/t7-,8-/m0/s1. The summed E-state index contributed by atoms with van der Waals surface area (Å²) in [5, 5.41) is 10.3. The number of nitrogens with one attached hydrogen (secondary N) is 1. The third kappa shape index (κ3) is 4.65. The Balaban J connectivity index is 2.53. The molecular weight excluding hydrogens is 251 g/mol. The van der Waals surface area contributed by atoms with Crippen molar-refractivity contribution >= 4 is 11.9 Å². The van der Waals surface area contributed by atoms with E-state index in [1.54, 1.807) is 0 Å². The summed E-state index contributed by atoms with van der Waals surface area (Å²) in [6.45, 7) is 0. The number of carboxylic acids is 1. The molecule has 100 valence electrons. The number of halogens is 3. The topological polar surface area (TPSA) is 66.4 Å². The number of rotatable bonds is 1. The molecule has 0 aliphatic heterocycles. The Morgan fingerprint density at radius 2 is 1.94 bits per heavy atom. The molecule has 1 fully saturated rings. The van der Waals surface area contributed by atoms with Crippen LogP contribution in [0.1, 0.15) is 25.7 Å². The number of carboxylic acid groups (broad SMARTS) is 1. The Morgan fingerprint density at radius 1 is 1.28 bits per heavy atom. The van der Waals surface area contributed by atoms with Crippen LogP contribution >= 0.6 is 0 Å². The van der Waals surface area contributed by atoms with Crippen molar-refractivity contribution in [2.45, 2.75) is 37.9 Å². The van der Waals surface area contributed by atoms with Gasteiger partial charge in [-0.2, -0.15) is 13.2 Å². The molecule has 1 aliphatic carbocycles. The van der Waals surface area contributed by atoms with Crippen LogP contribution in [-0.2, 0) is 9.59 Å². The summed E-state index contributed by atoms with van der Waals surface area (Å²) in [6, 6.07) is -0.596. The minimum Gasteiger partial charge on any atom is -0.472 e. The van der Waals surface area contributed by atoms with Gasteiger partial charge in [-0.15, -0.1) is 0 Å². The molecule has 0 bridgehead atoms. The second-order valence-electron chi connectivity index (χ2n) is 4.11. The third-order valence-corrected chi connectivity index (χ3v) is 2.65. The molecule has 1 amide bonds. The Hall–Kier alpha value is -1.71. The van der Waals surface area contributed by atoms with Crippen molar-refractivity contribution in [3.63, 3.8) is 0 Å². The number of aliphatic carboxylic acids is 1. The summed E-state index contributed by atoms with van der Waals surface area (Å²) < 4.78 is 36.1. The molecular formula is C11H12F3NO3. The molecule has 7 heteroatoms. The monoisotopic (exact) mass is 263 g/mol. The van der Waals surface area contributed by atoms with Crippen LogP contribution < -0.4 is 5.32 Å². The van der Waals surface area contributed by atoms with Crippen molar-refractivity contribution in [2.24, 2.45) is 5.92 Å². The average molecular weight is 263 g/mol. The zero-order valence-corrected chi connectivity index (χ0v) is 9.38. The van der Waals surface area contributed by atoms with Crippen molar-refractivity contribution in [2.75, 3.05) is 0 Å². The van der Waals surface area contributed by atoms with Gasteiger partial charge in [0.25, 0.3) is 0 Å². The highest BCUT2D eigenvalue weighted by atomic mass is 19.4. The summed E-state index contributed by atoms with van der Waals surface area (Å²) in [5.74, 6) is 0.922. The lowest BCUT2D eigenvalue weighted by Gasteiger charge is -2.27. The van der Waals surface area contributed by atoms with E-state index in [-0.39, 0.29) is 12.3 Å². The van der Waals surface area contributed by atoms with E-state index < -0.39 is 24.1 Å².